The zero-order valence-corrected chi connectivity index (χ0v) is 18.9. The number of halogens is 1. The van der Waals surface area contributed by atoms with E-state index in [2.05, 4.69) is 10.2 Å². The summed E-state index contributed by atoms with van der Waals surface area (Å²) in [6.45, 7) is 6.63. The van der Waals surface area contributed by atoms with Gasteiger partial charge in [-0.05, 0) is 37.1 Å². The molecular weight excluding hydrogens is 423 g/mol. The Bertz CT molecular complexity index is 875. The highest BCUT2D eigenvalue weighted by Gasteiger charge is 2.31. The molecule has 2 fully saturated rings. The summed E-state index contributed by atoms with van der Waals surface area (Å²) in [5.74, 6) is -0.475. The second-order valence-corrected chi connectivity index (χ2v) is 10.4. The first-order valence-electron chi connectivity index (χ1n) is 10.7. The first kappa shape index (κ1) is 23.6. The van der Waals surface area contributed by atoms with Crippen molar-refractivity contribution in [2.45, 2.75) is 37.6 Å². The van der Waals surface area contributed by atoms with Crippen molar-refractivity contribution in [3.8, 4) is 0 Å². The normalized spacial score (nSPS) is 19.5. The van der Waals surface area contributed by atoms with Crippen LogP contribution >= 0.6 is 0 Å². The number of piperazine rings is 1. The minimum Gasteiger partial charge on any atom is -0.353 e. The van der Waals surface area contributed by atoms with E-state index in [1.165, 1.54) is 16.4 Å². The van der Waals surface area contributed by atoms with E-state index in [9.17, 15) is 22.4 Å². The van der Waals surface area contributed by atoms with Crippen molar-refractivity contribution in [3.63, 3.8) is 0 Å². The monoisotopic (exact) mass is 454 g/mol. The van der Waals surface area contributed by atoms with E-state index in [0.717, 1.165) is 38.1 Å². The van der Waals surface area contributed by atoms with Gasteiger partial charge in [0.2, 0.25) is 21.8 Å². The van der Waals surface area contributed by atoms with E-state index in [1.807, 2.05) is 13.8 Å². The number of hydrogen-bond acceptors (Lipinski definition) is 5. The van der Waals surface area contributed by atoms with Crippen LogP contribution in [-0.2, 0) is 19.6 Å². The van der Waals surface area contributed by atoms with E-state index in [-0.39, 0.29) is 41.8 Å². The number of hydrogen-bond donors (Lipinski definition) is 1. The molecule has 1 aromatic carbocycles. The molecule has 10 heteroatoms. The van der Waals surface area contributed by atoms with Gasteiger partial charge in [0.25, 0.3) is 0 Å². The number of carbonyl (C=O) groups excluding carboxylic acids is 2. The first-order chi connectivity index (χ1) is 14.7. The Hall–Kier alpha value is -2.04. The Labute approximate surface area is 183 Å². The van der Waals surface area contributed by atoms with Gasteiger partial charge >= 0.3 is 0 Å². The molecule has 0 radical (unpaired) electrons. The molecule has 3 rings (SSSR count). The number of carbonyl (C=O) groups is 2. The van der Waals surface area contributed by atoms with Crippen LogP contribution in [0.4, 0.5) is 4.39 Å². The summed E-state index contributed by atoms with van der Waals surface area (Å²) in [6, 6.07) is 4.93. The van der Waals surface area contributed by atoms with E-state index in [1.54, 1.807) is 4.90 Å². The number of piperidine rings is 1. The van der Waals surface area contributed by atoms with Gasteiger partial charge in [-0.25, -0.2) is 12.8 Å². The van der Waals surface area contributed by atoms with Crippen molar-refractivity contribution in [1.82, 2.24) is 19.4 Å². The van der Waals surface area contributed by atoms with Gasteiger partial charge in [0.05, 0.1) is 11.4 Å². The fourth-order valence-corrected chi connectivity index (χ4v) is 5.25. The van der Waals surface area contributed by atoms with Crippen LogP contribution in [0.25, 0.3) is 0 Å². The van der Waals surface area contributed by atoms with Crippen LogP contribution in [0, 0.1) is 11.7 Å². The molecule has 2 aliphatic heterocycles. The topological polar surface area (TPSA) is 90.0 Å². The van der Waals surface area contributed by atoms with Gasteiger partial charge in [-0.15, -0.1) is 0 Å². The Kier molecular flexibility index (Phi) is 7.66. The van der Waals surface area contributed by atoms with E-state index in [4.69, 9.17) is 0 Å². The highest BCUT2D eigenvalue weighted by atomic mass is 32.2. The van der Waals surface area contributed by atoms with Crippen LogP contribution in [0.5, 0.6) is 0 Å². The van der Waals surface area contributed by atoms with E-state index >= 15 is 0 Å². The SMILES string of the molecule is CC(C)C(=O)NC1CCN(CC(=O)N2CCN(S(=O)(=O)c3ccc(F)cc3)CC2)CC1. The number of nitrogens with zero attached hydrogens (tertiary/aromatic N) is 3. The highest BCUT2D eigenvalue weighted by molar-refractivity contribution is 7.89. The van der Waals surface area contributed by atoms with Crippen molar-refractivity contribution in [2.75, 3.05) is 45.8 Å². The molecule has 8 nitrogen and oxygen atoms in total. The lowest BCUT2D eigenvalue weighted by Crippen LogP contribution is -2.53. The average Bonchev–Trinajstić information content (AvgIpc) is 2.75. The van der Waals surface area contributed by atoms with E-state index < -0.39 is 15.8 Å². The van der Waals surface area contributed by atoms with E-state index in [0.29, 0.717) is 19.6 Å². The standard InChI is InChI=1S/C21H31FN4O4S/c1-16(2)21(28)23-18-7-9-24(10-8-18)15-20(27)25-11-13-26(14-12-25)31(29,30)19-5-3-17(22)4-6-19/h3-6,16,18H,7-15H2,1-2H3,(H,23,28). The predicted molar refractivity (Wildman–Crippen MR) is 114 cm³/mol. The maximum absolute atomic E-state index is 13.1. The van der Waals surface area contributed by atoms with Crippen LogP contribution in [-0.4, -0.2) is 86.2 Å². The molecule has 0 atom stereocenters. The second kappa shape index (κ2) is 10.1. The number of nitrogens with one attached hydrogen (secondary N) is 1. The molecule has 172 valence electrons. The summed E-state index contributed by atoms with van der Waals surface area (Å²) >= 11 is 0. The van der Waals surface area contributed by atoms with Gasteiger partial charge in [-0.3, -0.25) is 14.5 Å². The third-order valence-electron chi connectivity index (χ3n) is 5.86. The van der Waals surface area contributed by atoms with Gasteiger partial charge in [-0.1, -0.05) is 13.8 Å². The molecular formula is C21H31FN4O4S. The third kappa shape index (κ3) is 6.02. The van der Waals surface area contributed by atoms with Crippen LogP contribution in [0.1, 0.15) is 26.7 Å². The van der Waals surface area contributed by atoms with Crippen molar-refractivity contribution < 1.29 is 22.4 Å². The molecule has 2 heterocycles. The molecule has 31 heavy (non-hydrogen) atoms. The van der Waals surface area contributed by atoms with Gasteiger partial charge in [0.1, 0.15) is 5.82 Å². The number of amides is 2. The molecule has 0 aromatic heterocycles. The fraction of sp³-hybridized carbons (Fsp3) is 0.619. The minimum absolute atomic E-state index is 0.0107. The summed E-state index contributed by atoms with van der Waals surface area (Å²) in [6.07, 6.45) is 1.63. The molecule has 0 unspecified atom stereocenters. The fourth-order valence-electron chi connectivity index (χ4n) is 3.83. The Balaban J connectivity index is 1.44. The lowest BCUT2D eigenvalue weighted by Gasteiger charge is -2.37. The Morgan fingerprint density at radius 3 is 2.16 bits per heavy atom. The van der Waals surface area contributed by atoms with Crippen LogP contribution in [0.15, 0.2) is 29.2 Å². The molecule has 0 bridgehead atoms. The Morgan fingerprint density at radius 2 is 1.61 bits per heavy atom. The van der Waals surface area contributed by atoms with Crippen LogP contribution in [0.2, 0.25) is 0 Å². The van der Waals surface area contributed by atoms with Crippen molar-refractivity contribution in [3.05, 3.63) is 30.1 Å². The molecule has 2 amide bonds. The summed E-state index contributed by atoms with van der Waals surface area (Å²) in [4.78, 5) is 28.4. The number of sulfonamides is 1. The number of benzene rings is 1. The Morgan fingerprint density at radius 1 is 1.03 bits per heavy atom. The summed E-state index contributed by atoms with van der Waals surface area (Å²) < 4.78 is 39.8. The summed E-state index contributed by atoms with van der Waals surface area (Å²) in [5, 5.41) is 3.05. The largest absolute Gasteiger partial charge is 0.353 e. The number of rotatable bonds is 6. The maximum Gasteiger partial charge on any atom is 0.243 e. The third-order valence-corrected chi connectivity index (χ3v) is 7.77. The van der Waals surface area contributed by atoms with Crippen LogP contribution < -0.4 is 5.32 Å². The molecule has 0 spiro atoms. The zero-order valence-electron chi connectivity index (χ0n) is 18.1. The molecule has 1 aromatic rings. The molecule has 2 saturated heterocycles. The second-order valence-electron chi connectivity index (χ2n) is 8.45. The molecule has 1 N–H and O–H groups in total. The predicted octanol–water partition coefficient (Wildman–Crippen LogP) is 0.895. The average molecular weight is 455 g/mol. The van der Waals surface area contributed by atoms with Crippen molar-refractivity contribution in [2.24, 2.45) is 5.92 Å². The summed E-state index contributed by atoms with van der Waals surface area (Å²) in [5.41, 5.74) is 0. The van der Waals surface area contributed by atoms with Crippen molar-refractivity contribution >= 4 is 21.8 Å². The smallest absolute Gasteiger partial charge is 0.243 e. The minimum atomic E-state index is -3.69. The maximum atomic E-state index is 13.1. The lowest BCUT2D eigenvalue weighted by molar-refractivity contribution is -0.134. The van der Waals surface area contributed by atoms with Gasteiger partial charge in [0, 0.05) is 51.2 Å². The van der Waals surface area contributed by atoms with Gasteiger partial charge in [0.15, 0.2) is 0 Å². The number of likely N-dealkylation sites (tertiary alicyclic amines) is 1. The summed E-state index contributed by atoms with van der Waals surface area (Å²) in [7, 11) is -3.69. The lowest BCUT2D eigenvalue weighted by atomic mass is 10.0. The quantitative estimate of drug-likeness (QED) is 0.690. The zero-order chi connectivity index (χ0) is 22.6. The molecule has 2 aliphatic rings. The molecule has 0 saturated carbocycles. The van der Waals surface area contributed by atoms with Gasteiger partial charge < -0.3 is 10.2 Å². The van der Waals surface area contributed by atoms with Crippen molar-refractivity contribution in [1.29, 1.82) is 0 Å². The highest BCUT2D eigenvalue weighted by Crippen LogP contribution is 2.18. The molecule has 0 aliphatic carbocycles. The van der Waals surface area contributed by atoms with Crippen LogP contribution in [0.3, 0.4) is 0 Å². The van der Waals surface area contributed by atoms with Gasteiger partial charge in [-0.2, -0.15) is 4.31 Å². The first-order valence-corrected chi connectivity index (χ1v) is 12.2.